The quantitative estimate of drug-likeness (QED) is 0.899. The second kappa shape index (κ2) is 6.18. The topological polar surface area (TPSA) is 59.2 Å². The van der Waals surface area contributed by atoms with Crippen molar-refractivity contribution in [2.75, 3.05) is 13.1 Å². The van der Waals surface area contributed by atoms with Crippen molar-refractivity contribution >= 4 is 17.2 Å². The number of hydrogen-bond donors (Lipinski definition) is 1. The summed E-state index contributed by atoms with van der Waals surface area (Å²) >= 11 is 1.30. The van der Waals surface area contributed by atoms with Crippen molar-refractivity contribution in [3.05, 3.63) is 40.4 Å². The lowest BCUT2D eigenvalue weighted by molar-refractivity contribution is -0.137. The zero-order chi connectivity index (χ0) is 17.5. The van der Waals surface area contributed by atoms with Crippen LogP contribution in [0.25, 0.3) is 10.6 Å². The van der Waals surface area contributed by atoms with Crippen LogP contribution in [0.1, 0.15) is 27.3 Å². The van der Waals surface area contributed by atoms with Crippen LogP contribution in [0.3, 0.4) is 0 Å². The molecule has 0 bridgehead atoms. The van der Waals surface area contributed by atoms with E-state index in [0.29, 0.717) is 29.4 Å². The monoisotopic (exact) mass is 355 g/mol. The second-order valence-corrected chi connectivity index (χ2v) is 7.00. The summed E-state index contributed by atoms with van der Waals surface area (Å²) in [6.07, 6.45) is -3.60. The average Bonchev–Trinajstić information content (AvgIpc) is 3.12. The molecule has 2 heterocycles. The van der Waals surface area contributed by atoms with E-state index in [9.17, 15) is 18.0 Å². The molecule has 1 saturated heterocycles. The number of aryl methyl sites for hydroxylation is 1. The average molecular weight is 355 g/mol. The van der Waals surface area contributed by atoms with Crippen molar-refractivity contribution in [3.8, 4) is 10.6 Å². The summed E-state index contributed by atoms with van der Waals surface area (Å²) in [5.74, 6) is -0.171. The molecule has 1 fully saturated rings. The number of benzene rings is 1. The lowest BCUT2D eigenvalue weighted by atomic mass is 10.1. The van der Waals surface area contributed by atoms with Gasteiger partial charge in [0, 0.05) is 29.6 Å². The van der Waals surface area contributed by atoms with Gasteiger partial charge in [-0.25, -0.2) is 4.98 Å². The van der Waals surface area contributed by atoms with Gasteiger partial charge < -0.3 is 10.6 Å². The minimum atomic E-state index is -4.37. The van der Waals surface area contributed by atoms with Gasteiger partial charge in [-0.15, -0.1) is 11.3 Å². The van der Waals surface area contributed by atoms with Gasteiger partial charge in [0.2, 0.25) is 0 Å². The largest absolute Gasteiger partial charge is 0.416 e. The highest BCUT2D eigenvalue weighted by Gasteiger charge is 2.30. The van der Waals surface area contributed by atoms with Crippen molar-refractivity contribution in [2.24, 2.45) is 5.73 Å². The van der Waals surface area contributed by atoms with Gasteiger partial charge in [0.1, 0.15) is 10.7 Å². The Kier molecular flexibility index (Phi) is 4.35. The van der Waals surface area contributed by atoms with Crippen molar-refractivity contribution in [1.29, 1.82) is 0 Å². The van der Waals surface area contributed by atoms with E-state index in [1.807, 2.05) is 0 Å². The summed E-state index contributed by atoms with van der Waals surface area (Å²) in [6.45, 7) is 2.90. The summed E-state index contributed by atoms with van der Waals surface area (Å²) in [5.41, 5.74) is 6.03. The molecule has 1 aromatic heterocycles. The molecule has 2 N–H and O–H groups in total. The van der Waals surface area contributed by atoms with E-state index in [0.717, 1.165) is 23.4 Å². The third kappa shape index (κ3) is 3.29. The lowest BCUT2D eigenvalue weighted by Crippen LogP contribution is -2.32. The lowest BCUT2D eigenvalue weighted by Gasteiger charge is -2.14. The number of rotatable bonds is 2. The Morgan fingerprint density at radius 2 is 2.00 bits per heavy atom. The molecule has 1 aromatic carbocycles. The van der Waals surface area contributed by atoms with Gasteiger partial charge >= 0.3 is 6.18 Å². The van der Waals surface area contributed by atoms with Crippen molar-refractivity contribution < 1.29 is 18.0 Å². The molecule has 0 spiro atoms. The van der Waals surface area contributed by atoms with Crippen LogP contribution in [0.4, 0.5) is 13.2 Å². The van der Waals surface area contributed by atoms with Crippen molar-refractivity contribution in [2.45, 2.75) is 25.6 Å². The number of aromatic nitrogens is 1. The molecule has 128 valence electrons. The molecular formula is C16H16F3N3OS. The SMILES string of the molecule is Cc1sc(-c2ccc(C(F)(F)F)cc2)nc1C(=O)N1CC[C@H](N)C1. The molecule has 3 rings (SSSR count). The number of thiazole rings is 1. The highest BCUT2D eigenvalue weighted by molar-refractivity contribution is 7.15. The van der Waals surface area contributed by atoms with E-state index in [2.05, 4.69) is 4.98 Å². The van der Waals surface area contributed by atoms with Crippen LogP contribution in [0, 0.1) is 6.92 Å². The van der Waals surface area contributed by atoms with Crippen LogP contribution >= 0.6 is 11.3 Å². The Labute approximate surface area is 141 Å². The van der Waals surface area contributed by atoms with Crippen LogP contribution < -0.4 is 5.73 Å². The maximum Gasteiger partial charge on any atom is 0.416 e. The molecule has 24 heavy (non-hydrogen) atoms. The second-order valence-electron chi connectivity index (χ2n) is 5.80. The molecular weight excluding hydrogens is 339 g/mol. The first-order valence-corrected chi connectivity index (χ1v) is 8.27. The van der Waals surface area contributed by atoms with E-state index >= 15 is 0 Å². The van der Waals surface area contributed by atoms with Gasteiger partial charge in [-0.3, -0.25) is 4.79 Å². The summed E-state index contributed by atoms with van der Waals surface area (Å²) in [6, 6.07) is 4.78. The first-order chi connectivity index (χ1) is 11.3. The van der Waals surface area contributed by atoms with Crippen molar-refractivity contribution in [1.82, 2.24) is 9.88 Å². The molecule has 0 radical (unpaired) electrons. The van der Waals surface area contributed by atoms with E-state index in [4.69, 9.17) is 5.73 Å². The Hall–Kier alpha value is -1.93. The molecule has 1 atom stereocenters. The van der Waals surface area contributed by atoms with Crippen molar-refractivity contribution in [3.63, 3.8) is 0 Å². The van der Waals surface area contributed by atoms with Crippen LogP contribution in [0.15, 0.2) is 24.3 Å². The summed E-state index contributed by atoms with van der Waals surface area (Å²) in [5, 5.41) is 0.535. The highest BCUT2D eigenvalue weighted by atomic mass is 32.1. The Morgan fingerprint density at radius 1 is 1.33 bits per heavy atom. The van der Waals surface area contributed by atoms with Gasteiger partial charge in [-0.05, 0) is 25.5 Å². The fraction of sp³-hybridized carbons (Fsp3) is 0.375. The van der Waals surface area contributed by atoms with Gasteiger partial charge in [0.25, 0.3) is 5.91 Å². The van der Waals surface area contributed by atoms with E-state index < -0.39 is 11.7 Å². The zero-order valence-corrected chi connectivity index (χ0v) is 13.7. The molecule has 1 aliphatic rings. The third-order valence-electron chi connectivity index (χ3n) is 3.97. The smallest absolute Gasteiger partial charge is 0.336 e. The van der Waals surface area contributed by atoms with Gasteiger partial charge in [-0.2, -0.15) is 13.2 Å². The van der Waals surface area contributed by atoms with Crippen LogP contribution in [0.2, 0.25) is 0 Å². The Morgan fingerprint density at radius 3 is 2.54 bits per heavy atom. The number of nitrogens with two attached hydrogens (primary N) is 1. The number of hydrogen-bond acceptors (Lipinski definition) is 4. The fourth-order valence-corrected chi connectivity index (χ4v) is 3.55. The number of carbonyl (C=O) groups excluding carboxylic acids is 1. The Balaban J connectivity index is 1.85. The number of carbonyl (C=O) groups is 1. The Bertz CT molecular complexity index is 755. The highest BCUT2D eigenvalue weighted by Crippen LogP contribution is 2.33. The van der Waals surface area contributed by atoms with E-state index in [1.165, 1.54) is 23.5 Å². The minimum absolute atomic E-state index is 0.0118. The maximum absolute atomic E-state index is 12.6. The molecule has 0 unspecified atom stereocenters. The van der Waals surface area contributed by atoms with E-state index in [1.54, 1.807) is 11.8 Å². The standard InChI is InChI=1S/C16H16F3N3OS/c1-9-13(15(23)22-7-6-12(20)8-22)21-14(24-9)10-2-4-11(5-3-10)16(17,18)19/h2-5,12H,6-8,20H2,1H3/t12-/m0/s1. The molecule has 4 nitrogen and oxygen atoms in total. The van der Waals surface area contributed by atoms with Crippen LogP contribution in [0.5, 0.6) is 0 Å². The predicted molar refractivity (Wildman–Crippen MR) is 85.8 cm³/mol. The third-order valence-corrected chi connectivity index (χ3v) is 4.99. The molecule has 1 aliphatic heterocycles. The molecule has 8 heteroatoms. The fourth-order valence-electron chi connectivity index (χ4n) is 2.64. The van der Waals surface area contributed by atoms with Gasteiger partial charge in [0.05, 0.1) is 5.56 Å². The zero-order valence-electron chi connectivity index (χ0n) is 12.9. The maximum atomic E-state index is 12.6. The van der Waals surface area contributed by atoms with Crippen LogP contribution in [-0.4, -0.2) is 34.9 Å². The normalized spacial score (nSPS) is 18.2. The summed E-state index contributed by atoms with van der Waals surface area (Å²) in [4.78, 5) is 19.3. The molecule has 1 amide bonds. The summed E-state index contributed by atoms with van der Waals surface area (Å²) in [7, 11) is 0. The molecule has 2 aromatic rings. The van der Waals surface area contributed by atoms with Gasteiger partial charge in [-0.1, -0.05) is 12.1 Å². The van der Waals surface area contributed by atoms with E-state index in [-0.39, 0.29) is 11.9 Å². The molecule has 0 saturated carbocycles. The van der Waals surface area contributed by atoms with Gasteiger partial charge in [0.15, 0.2) is 0 Å². The summed E-state index contributed by atoms with van der Waals surface area (Å²) < 4.78 is 37.9. The first-order valence-electron chi connectivity index (χ1n) is 7.45. The number of halogens is 3. The number of alkyl halides is 3. The number of amides is 1. The minimum Gasteiger partial charge on any atom is -0.336 e. The molecule has 0 aliphatic carbocycles. The predicted octanol–water partition coefficient (Wildman–Crippen LogP) is 3.31. The number of nitrogens with zero attached hydrogens (tertiary/aromatic N) is 2. The van der Waals surface area contributed by atoms with Crippen LogP contribution in [-0.2, 0) is 6.18 Å². The first kappa shape index (κ1) is 16.9. The number of likely N-dealkylation sites (tertiary alicyclic amines) is 1.